The highest BCUT2D eigenvalue weighted by molar-refractivity contribution is 8.00. The van der Waals surface area contributed by atoms with Crippen LogP contribution < -0.4 is 5.73 Å². The molecule has 1 aromatic carbocycles. The molecule has 1 amide bonds. The lowest BCUT2D eigenvalue weighted by Gasteiger charge is -2.39. The van der Waals surface area contributed by atoms with Crippen molar-refractivity contribution >= 4 is 17.9 Å². The summed E-state index contributed by atoms with van der Waals surface area (Å²) in [4.78, 5) is 11.7. The van der Waals surface area contributed by atoms with Gasteiger partial charge in [-0.2, -0.15) is 18.1 Å². The summed E-state index contributed by atoms with van der Waals surface area (Å²) in [6, 6.07) is 7.16. The van der Waals surface area contributed by atoms with Gasteiger partial charge in [-0.25, -0.2) is 4.79 Å². The molecule has 1 fully saturated rings. The van der Waals surface area contributed by atoms with Crippen molar-refractivity contribution in [2.24, 2.45) is 5.73 Å². The lowest BCUT2D eigenvalue weighted by molar-refractivity contribution is -0.302. The second-order valence-electron chi connectivity index (χ2n) is 5.31. The zero-order chi connectivity index (χ0) is 17.1. The number of amides is 1. The molecule has 0 saturated carbocycles. The van der Waals surface area contributed by atoms with E-state index < -0.39 is 23.5 Å². The molecule has 8 heteroatoms. The lowest BCUT2D eigenvalue weighted by Crippen LogP contribution is -2.54. The van der Waals surface area contributed by atoms with Crippen molar-refractivity contribution in [1.29, 1.82) is 0 Å². The topological polar surface area (TPSA) is 55.6 Å². The van der Waals surface area contributed by atoms with E-state index in [4.69, 9.17) is 10.5 Å². The number of thioether (sulfide) groups is 1. The van der Waals surface area contributed by atoms with Gasteiger partial charge in [-0.15, -0.1) is 0 Å². The van der Waals surface area contributed by atoms with Crippen LogP contribution in [0.1, 0.15) is 31.7 Å². The Morgan fingerprint density at radius 3 is 2.61 bits per heavy atom. The molecule has 23 heavy (non-hydrogen) atoms. The molecule has 1 aliphatic heterocycles. The van der Waals surface area contributed by atoms with Crippen molar-refractivity contribution in [2.45, 2.75) is 43.6 Å². The summed E-state index contributed by atoms with van der Waals surface area (Å²) < 4.78 is 46.3. The van der Waals surface area contributed by atoms with E-state index >= 15 is 0 Å². The third-order valence-corrected chi connectivity index (χ3v) is 5.15. The van der Waals surface area contributed by atoms with Gasteiger partial charge in [-0.05, 0) is 6.42 Å². The molecule has 1 saturated heterocycles. The molecule has 2 atom stereocenters. The molecule has 0 radical (unpaired) electrons. The monoisotopic (exact) mass is 348 g/mol. The van der Waals surface area contributed by atoms with E-state index in [-0.39, 0.29) is 11.3 Å². The first-order valence-corrected chi connectivity index (χ1v) is 8.34. The van der Waals surface area contributed by atoms with Gasteiger partial charge >= 0.3 is 12.4 Å². The van der Waals surface area contributed by atoms with E-state index in [0.717, 1.165) is 18.2 Å². The molecule has 2 rings (SSSR count). The second-order valence-corrected chi connectivity index (χ2v) is 6.49. The van der Waals surface area contributed by atoms with Crippen molar-refractivity contribution in [2.75, 3.05) is 5.75 Å². The Labute approximate surface area is 137 Å². The smallest absolute Gasteiger partial charge is 0.413 e. The number of unbranched alkanes of at least 4 members (excludes halogenated alkanes) is 1. The minimum atomic E-state index is -4.65. The molecule has 0 bridgehead atoms. The average molecular weight is 348 g/mol. The number of primary amides is 1. The molecule has 1 heterocycles. The minimum Gasteiger partial charge on any atom is -0.413 e. The maximum absolute atomic E-state index is 13.7. The molecule has 1 aliphatic rings. The largest absolute Gasteiger partial charge is 0.464 e. The molecule has 2 unspecified atom stereocenters. The van der Waals surface area contributed by atoms with Gasteiger partial charge in [0.2, 0.25) is 5.06 Å². The Balaban J connectivity index is 2.48. The highest BCUT2D eigenvalue weighted by Crippen LogP contribution is 2.53. The maximum atomic E-state index is 13.7. The third kappa shape index (κ3) is 3.74. The molecule has 4 nitrogen and oxygen atoms in total. The number of benzene rings is 1. The van der Waals surface area contributed by atoms with Crippen LogP contribution in [0.4, 0.5) is 18.0 Å². The van der Waals surface area contributed by atoms with Gasteiger partial charge in [-0.3, -0.25) is 0 Å². The third-order valence-electron chi connectivity index (χ3n) is 3.70. The van der Waals surface area contributed by atoms with Gasteiger partial charge in [-0.1, -0.05) is 61.9 Å². The molecule has 1 aromatic rings. The second kappa shape index (κ2) is 7.00. The lowest BCUT2D eigenvalue weighted by atomic mass is 10.1. The van der Waals surface area contributed by atoms with Crippen LogP contribution in [0.15, 0.2) is 30.3 Å². The molecule has 0 spiro atoms. The van der Waals surface area contributed by atoms with Gasteiger partial charge in [0, 0.05) is 17.4 Å². The Morgan fingerprint density at radius 2 is 2.09 bits per heavy atom. The predicted octanol–water partition coefficient (Wildman–Crippen LogP) is 4.02. The van der Waals surface area contributed by atoms with Crippen LogP contribution in [0.25, 0.3) is 0 Å². The Bertz CT molecular complexity index is 541. The van der Waals surface area contributed by atoms with E-state index in [1.54, 1.807) is 18.2 Å². The summed E-state index contributed by atoms with van der Waals surface area (Å²) in [5.74, 6) is 0.210. The normalized spacial score (nSPS) is 25.5. The van der Waals surface area contributed by atoms with Crippen LogP contribution in [0, 0.1) is 0 Å². The summed E-state index contributed by atoms with van der Waals surface area (Å²) in [5, 5.41) is -1.97. The summed E-state index contributed by atoms with van der Waals surface area (Å²) >= 11 is 0.948. The average Bonchev–Trinajstić information content (AvgIpc) is 2.85. The zero-order valence-corrected chi connectivity index (χ0v) is 13.5. The van der Waals surface area contributed by atoms with Gasteiger partial charge in [0.25, 0.3) is 0 Å². The number of ether oxygens (including phenoxy) is 1. The van der Waals surface area contributed by atoms with Crippen LogP contribution in [-0.4, -0.2) is 29.1 Å². The predicted molar refractivity (Wildman–Crippen MR) is 82.5 cm³/mol. The fraction of sp³-hybridized carbons (Fsp3) is 0.533. The van der Waals surface area contributed by atoms with Crippen LogP contribution in [-0.2, 0) is 9.79 Å². The zero-order valence-electron chi connectivity index (χ0n) is 12.7. The Kier molecular flexibility index (Phi) is 5.46. The van der Waals surface area contributed by atoms with Crippen LogP contribution in [0.5, 0.6) is 0 Å². The van der Waals surface area contributed by atoms with Crippen molar-refractivity contribution in [1.82, 2.24) is 4.90 Å². The van der Waals surface area contributed by atoms with Crippen LogP contribution >= 0.6 is 11.8 Å². The molecule has 2 N–H and O–H groups in total. The number of carbonyl (C=O) groups excluding carboxylic acids is 1. The summed E-state index contributed by atoms with van der Waals surface area (Å²) in [6.45, 7) is 1.92. The number of rotatable bonds is 5. The number of hydrogen-bond acceptors (Lipinski definition) is 4. The highest BCUT2D eigenvalue weighted by atomic mass is 32.2. The highest BCUT2D eigenvalue weighted by Gasteiger charge is 2.62. The van der Waals surface area contributed by atoms with E-state index in [1.807, 2.05) is 6.92 Å². The van der Waals surface area contributed by atoms with E-state index in [0.29, 0.717) is 17.7 Å². The summed E-state index contributed by atoms with van der Waals surface area (Å²) in [7, 11) is 0. The summed E-state index contributed by atoms with van der Waals surface area (Å²) in [6.07, 6.45) is -4.04. The standard InChI is InChI=1S/C15H19F3N2O2S/c1-2-3-9-12-10-23-14(22-13(19)21,20(12)15(16,17)18)11-7-5-4-6-8-11/h4-8,12H,2-3,9-10H2,1H3,(H2,19,21). The SMILES string of the molecule is CCCCC1CSC(OC(N)=O)(c2ccccc2)N1C(F)(F)F. The van der Waals surface area contributed by atoms with E-state index in [2.05, 4.69) is 0 Å². The van der Waals surface area contributed by atoms with Gasteiger partial charge in [0.15, 0.2) is 0 Å². The fourth-order valence-electron chi connectivity index (χ4n) is 2.76. The van der Waals surface area contributed by atoms with Gasteiger partial charge < -0.3 is 10.5 Å². The maximum Gasteiger partial charge on any atom is 0.464 e. The number of halogens is 3. The van der Waals surface area contributed by atoms with Crippen molar-refractivity contribution in [3.8, 4) is 0 Å². The minimum absolute atomic E-state index is 0.210. The number of nitrogens with zero attached hydrogens (tertiary/aromatic N) is 1. The van der Waals surface area contributed by atoms with Gasteiger partial charge in [0.05, 0.1) is 0 Å². The van der Waals surface area contributed by atoms with E-state index in [9.17, 15) is 18.0 Å². The first-order valence-electron chi connectivity index (χ1n) is 7.35. The van der Waals surface area contributed by atoms with Crippen molar-refractivity contribution < 1.29 is 22.7 Å². The van der Waals surface area contributed by atoms with Crippen LogP contribution in [0.2, 0.25) is 0 Å². The molecule has 128 valence electrons. The number of nitrogens with two attached hydrogens (primary N) is 1. The van der Waals surface area contributed by atoms with Crippen molar-refractivity contribution in [3.05, 3.63) is 35.9 Å². The number of hydrogen-bond donors (Lipinski definition) is 1. The fourth-order valence-corrected chi connectivity index (χ4v) is 4.33. The number of alkyl halides is 3. The molecule has 0 aliphatic carbocycles. The van der Waals surface area contributed by atoms with E-state index in [1.165, 1.54) is 12.1 Å². The van der Waals surface area contributed by atoms with Crippen molar-refractivity contribution in [3.63, 3.8) is 0 Å². The molecule has 0 aromatic heterocycles. The first kappa shape index (κ1) is 17.9. The molecular weight excluding hydrogens is 329 g/mol. The number of carbonyl (C=O) groups is 1. The van der Waals surface area contributed by atoms with Crippen LogP contribution in [0.3, 0.4) is 0 Å². The quantitative estimate of drug-likeness (QED) is 0.817. The Hall–Kier alpha value is -1.41. The van der Waals surface area contributed by atoms with Gasteiger partial charge in [0.1, 0.15) is 0 Å². The molecular formula is C15H19F3N2O2S. The summed E-state index contributed by atoms with van der Waals surface area (Å²) in [5.41, 5.74) is 5.33. The first-order chi connectivity index (χ1) is 10.8. The Morgan fingerprint density at radius 1 is 1.43 bits per heavy atom.